The van der Waals surface area contributed by atoms with Crippen LogP contribution < -0.4 is 0 Å². The molecule has 0 atom stereocenters. The van der Waals surface area contributed by atoms with Crippen LogP contribution in [0.15, 0.2) is 60.8 Å². The molecule has 0 aliphatic heterocycles. The molecule has 134 valence electrons. The Labute approximate surface area is 148 Å². The molecule has 0 unspecified atom stereocenters. The molecule has 0 aromatic heterocycles. The zero-order chi connectivity index (χ0) is 17.7. The number of aliphatic carboxylic acids is 1. The minimum atomic E-state index is -0.745. The van der Waals surface area contributed by atoms with Gasteiger partial charge in [-0.05, 0) is 44.9 Å². The molecular weight excluding hydrogens is 296 g/mol. The predicted octanol–water partition coefficient (Wildman–Crippen LogP) is 6.77. The van der Waals surface area contributed by atoms with Gasteiger partial charge in [0.15, 0.2) is 0 Å². The molecule has 1 N–H and O–H groups in total. The first-order valence-corrected chi connectivity index (χ1v) is 9.25. The Morgan fingerprint density at radius 3 is 1.88 bits per heavy atom. The van der Waals surface area contributed by atoms with E-state index in [1.165, 1.54) is 25.7 Å². The summed E-state index contributed by atoms with van der Waals surface area (Å²) in [5.41, 5.74) is 0. The first-order chi connectivity index (χ1) is 11.8. The normalized spacial score (nSPS) is 12.7. The van der Waals surface area contributed by atoms with Crippen molar-refractivity contribution < 1.29 is 9.90 Å². The Morgan fingerprint density at radius 2 is 1.25 bits per heavy atom. The van der Waals surface area contributed by atoms with Gasteiger partial charge in [-0.3, -0.25) is 4.79 Å². The molecule has 0 radical (unpaired) electrons. The van der Waals surface area contributed by atoms with Crippen LogP contribution in [0.1, 0.15) is 71.1 Å². The monoisotopic (exact) mass is 330 g/mol. The Morgan fingerprint density at radius 1 is 0.708 bits per heavy atom. The standard InChI is InChI=1S/C22H34O2/c1-2-3-4-5-6-7-8-9-10-11-12-13-14-15-16-17-18-19-20-21-22(23)24/h6-7,9-10,12-13,16-19H,2-5,8,11,14-15,20-21H2,1H3,(H,23,24). The summed E-state index contributed by atoms with van der Waals surface area (Å²) in [6.07, 6.45) is 31.4. The third-order valence-corrected chi connectivity index (χ3v) is 3.43. The Kier molecular flexibility index (Phi) is 17.8. The number of carboxylic acids is 1. The van der Waals surface area contributed by atoms with Crippen LogP contribution in [-0.4, -0.2) is 11.1 Å². The largest absolute Gasteiger partial charge is 0.481 e. The highest BCUT2D eigenvalue weighted by molar-refractivity contribution is 5.66. The number of rotatable bonds is 15. The smallest absolute Gasteiger partial charge is 0.303 e. The Bertz CT molecular complexity index is 425. The van der Waals surface area contributed by atoms with Crippen molar-refractivity contribution in [2.45, 2.75) is 71.1 Å². The Hall–Kier alpha value is -1.83. The highest BCUT2D eigenvalue weighted by Crippen LogP contribution is 2.01. The lowest BCUT2D eigenvalue weighted by Gasteiger charge is -1.90. The maximum atomic E-state index is 10.3. The molecule has 2 heteroatoms. The van der Waals surface area contributed by atoms with Gasteiger partial charge in [0.2, 0.25) is 0 Å². The lowest BCUT2D eigenvalue weighted by atomic mass is 10.2. The second-order valence-electron chi connectivity index (χ2n) is 5.75. The van der Waals surface area contributed by atoms with Gasteiger partial charge in [0.25, 0.3) is 0 Å². The van der Waals surface area contributed by atoms with Gasteiger partial charge in [-0.2, -0.15) is 0 Å². The fraction of sp³-hybridized carbons (Fsp3) is 0.500. The minimum Gasteiger partial charge on any atom is -0.481 e. The maximum Gasteiger partial charge on any atom is 0.303 e. The number of hydrogen-bond acceptors (Lipinski definition) is 1. The van der Waals surface area contributed by atoms with Crippen molar-refractivity contribution >= 4 is 5.97 Å². The lowest BCUT2D eigenvalue weighted by Crippen LogP contribution is -1.91. The van der Waals surface area contributed by atoms with E-state index in [9.17, 15) is 4.79 Å². The fourth-order valence-corrected chi connectivity index (χ4v) is 2.04. The van der Waals surface area contributed by atoms with Crippen LogP contribution in [0.4, 0.5) is 0 Å². The van der Waals surface area contributed by atoms with Crippen molar-refractivity contribution in [1.82, 2.24) is 0 Å². The van der Waals surface area contributed by atoms with Crippen LogP contribution >= 0.6 is 0 Å². The van der Waals surface area contributed by atoms with E-state index in [4.69, 9.17) is 5.11 Å². The molecule has 0 saturated heterocycles. The number of unbranched alkanes of at least 4 members (excludes halogenated alkanes) is 4. The molecule has 24 heavy (non-hydrogen) atoms. The molecule has 0 aromatic rings. The highest BCUT2D eigenvalue weighted by Gasteiger charge is 1.90. The molecule has 0 rings (SSSR count). The third-order valence-electron chi connectivity index (χ3n) is 3.43. The molecular formula is C22H34O2. The van der Waals surface area contributed by atoms with Crippen molar-refractivity contribution in [2.24, 2.45) is 0 Å². The number of hydrogen-bond donors (Lipinski definition) is 1. The van der Waals surface area contributed by atoms with Crippen LogP contribution in [-0.2, 0) is 4.79 Å². The molecule has 0 fully saturated rings. The van der Waals surface area contributed by atoms with Crippen LogP contribution in [0.3, 0.4) is 0 Å². The van der Waals surface area contributed by atoms with E-state index in [-0.39, 0.29) is 6.42 Å². The average molecular weight is 331 g/mol. The summed E-state index contributed by atoms with van der Waals surface area (Å²) in [6, 6.07) is 0. The number of carboxylic acid groups (broad SMARTS) is 1. The second-order valence-corrected chi connectivity index (χ2v) is 5.75. The zero-order valence-corrected chi connectivity index (χ0v) is 15.2. The lowest BCUT2D eigenvalue weighted by molar-refractivity contribution is -0.136. The summed E-state index contributed by atoms with van der Waals surface area (Å²) < 4.78 is 0. The molecule has 0 amide bonds. The van der Waals surface area contributed by atoms with Crippen LogP contribution in [0.2, 0.25) is 0 Å². The van der Waals surface area contributed by atoms with Gasteiger partial charge in [0, 0.05) is 6.42 Å². The molecule has 0 aliphatic rings. The SMILES string of the molecule is CCCCCC=CCC=CCC=CCCC=CC=CCCC(=O)O. The van der Waals surface area contributed by atoms with E-state index in [0.29, 0.717) is 6.42 Å². The van der Waals surface area contributed by atoms with Gasteiger partial charge in [-0.1, -0.05) is 80.5 Å². The number of allylic oxidation sites excluding steroid dienone is 10. The first-order valence-electron chi connectivity index (χ1n) is 9.25. The zero-order valence-electron chi connectivity index (χ0n) is 15.2. The summed E-state index contributed by atoms with van der Waals surface area (Å²) in [4.78, 5) is 10.3. The molecule has 0 bridgehead atoms. The molecule has 0 heterocycles. The quantitative estimate of drug-likeness (QED) is 0.204. The second kappa shape index (κ2) is 19.2. The van der Waals surface area contributed by atoms with Gasteiger partial charge in [0.05, 0.1) is 0 Å². The van der Waals surface area contributed by atoms with Crippen molar-refractivity contribution in [3.8, 4) is 0 Å². The molecule has 0 saturated carbocycles. The molecule has 2 nitrogen and oxygen atoms in total. The van der Waals surface area contributed by atoms with E-state index in [0.717, 1.165) is 25.7 Å². The average Bonchev–Trinajstić information content (AvgIpc) is 2.56. The van der Waals surface area contributed by atoms with Crippen molar-refractivity contribution in [1.29, 1.82) is 0 Å². The van der Waals surface area contributed by atoms with Gasteiger partial charge >= 0.3 is 5.97 Å². The van der Waals surface area contributed by atoms with E-state index in [1.54, 1.807) is 0 Å². The third kappa shape index (κ3) is 20.2. The van der Waals surface area contributed by atoms with Crippen LogP contribution in [0.5, 0.6) is 0 Å². The summed E-state index contributed by atoms with van der Waals surface area (Å²) >= 11 is 0. The fourth-order valence-electron chi connectivity index (χ4n) is 2.04. The minimum absolute atomic E-state index is 0.204. The van der Waals surface area contributed by atoms with E-state index < -0.39 is 5.97 Å². The topological polar surface area (TPSA) is 37.3 Å². The summed E-state index contributed by atoms with van der Waals surface area (Å²) in [5, 5.41) is 8.49. The Balaban J connectivity index is 3.45. The first kappa shape index (κ1) is 22.2. The van der Waals surface area contributed by atoms with Gasteiger partial charge in [0.1, 0.15) is 0 Å². The maximum absolute atomic E-state index is 10.3. The molecule has 0 aliphatic carbocycles. The van der Waals surface area contributed by atoms with E-state index in [1.807, 2.05) is 18.2 Å². The van der Waals surface area contributed by atoms with Crippen molar-refractivity contribution in [2.75, 3.05) is 0 Å². The van der Waals surface area contributed by atoms with E-state index in [2.05, 4.69) is 49.5 Å². The van der Waals surface area contributed by atoms with E-state index >= 15 is 0 Å². The van der Waals surface area contributed by atoms with Crippen molar-refractivity contribution in [3.05, 3.63) is 60.8 Å². The van der Waals surface area contributed by atoms with Gasteiger partial charge in [-0.25, -0.2) is 0 Å². The highest BCUT2D eigenvalue weighted by atomic mass is 16.4. The van der Waals surface area contributed by atoms with Crippen molar-refractivity contribution in [3.63, 3.8) is 0 Å². The summed E-state index contributed by atoms with van der Waals surface area (Å²) in [5.74, 6) is -0.745. The van der Waals surface area contributed by atoms with Crippen LogP contribution in [0.25, 0.3) is 0 Å². The summed E-state index contributed by atoms with van der Waals surface area (Å²) in [7, 11) is 0. The van der Waals surface area contributed by atoms with Crippen LogP contribution in [0, 0.1) is 0 Å². The predicted molar refractivity (Wildman–Crippen MR) is 105 cm³/mol. The summed E-state index contributed by atoms with van der Waals surface area (Å²) in [6.45, 7) is 2.23. The molecule has 0 spiro atoms. The van der Waals surface area contributed by atoms with Gasteiger partial charge in [-0.15, -0.1) is 0 Å². The van der Waals surface area contributed by atoms with Gasteiger partial charge < -0.3 is 5.11 Å². The number of carbonyl (C=O) groups is 1. The molecule has 0 aromatic carbocycles.